The van der Waals surface area contributed by atoms with Crippen molar-refractivity contribution in [3.63, 3.8) is 0 Å². The van der Waals surface area contributed by atoms with E-state index in [-0.39, 0.29) is 10.9 Å². The fourth-order valence-electron chi connectivity index (χ4n) is 2.60. The largest absolute Gasteiger partial charge is 0.496 e. The molecule has 1 heterocycles. The van der Waals surface area contributed by atoms with Crippen molar-refractivity contribution >= 4 is 28.8 Å². The Balaban J connectivity index is 2.30. The molecule has 3 aromatic rings. The number of hydrogen-bond acceptors (Lipinski definition) is 2. The molecule has 0 radical (unpaired) electrons. The topological polar surface area (TPSA) is 42.1 Å². The molecule has 0 unspecified atom stereocenters. The van der Waals surface area contributed by atoms with Gasteiger partial charge in [-0.3, -0.25) is 4.79 Å². The number of halogens is 4. The number of aldehydes is 1. The fourth-order valence-corrected chi connectivity index (χ4v) is 2.77. The smallest absolute Gasteiger partial charge is 0.416 e. The third-order valence-electron chi connectivity index (χ3n) is 3.71. The number of methoxy groups -OCH3 is 1. The summed E-state index contributed by atoms with van der Waals surface area (Å²) in [6, 6.07) is 8.05. The van der Waals surface area contributed by atoms with Gasteiger partial charge in [-0.2, -0.15) is 13.2 Å². The van der Waals surface area contributed by atoms with E-state index >= 15 is 0 Å². The Hall–Kier alpha value is -2.47. The Kier molecular flexibility index (Phi) is 4.01. The zero-order valence-electron chi connectivity index (χ0n) is 12.4. The van der Waals surface area contributed by atoms with Gasteiger partial charge >= 0.3 is 6.18 Å². The lowest BCUT2D eigenvalue weighted by atomic mass is 10.0. The molecule has 124 valence electrons. The molecule has 3 nitrogen and oxygen atoms in total. The van der Waals surface area contributed by atoms with Crippen LogP contribution in [-0.2, 0) is 6.18 Å². The van der Waals surface area contributed by atoms with Crippen LogP contribution in [0.3, 0.4) is 0 Å². The second-order valence-electron chi connectivity index (χ2n) is 5.13. The minimum absolute atomic E-state index is 0.122. The monoisotopic (exact) mass is 353 g/mol. The van der Waals surface area contributed by atoms with E-state index in [1.807, 2.05) is 0 Å². The molecule has 0 spiro atoms. The van der Waals surface area contributed by atoms with Gasteiger partial charge in [-0.25, -0.2) is 0 Å². The van der Waals surface area contributed by atoms with Gasteiger partial charge in [0, 0.05) is 27.1 Å². The molecule has 2 aromatic carbocycles. The van der Waals surface area contributed by atoms with Crippen molar-refractivity contribution in [1.29, 1.82) is 0 Å². The molecule has 1 N–H and O–H groups in total. The molecule has 0 aliphatic heterocycles. The van der Waals surface area contributed by atoms with E-state index in [2.05, 4.69) is 4.98 Å². The van der Waals surface area contributed by atoms with Gasteiger partial charge in [0.05, 0.1) is 18.4 Å². The van der Waals surface area contributed by atoms with Crippen LogP contribution in [-0.4, -0.2) is 18.4 Å². The van der Waals surface area contributed by atoms with Crippen molar-refractivity contribution in [2.45, 2.75) is 6.18 Å². The molecule has 0 saturated heterocycles. The summed E-state index contributed by atoms with van der Waals surface area (Å²) in [5.41, 5.74) is 0.580. The van der Waals surface area contributed by atoms with Crippen LogP contribution in [0.25, 0.3) is 22.2 Å². The van der Waals surface area contributed by atoms with Crippen molar-refractivity contribution in [3.8, 4) is 17.0 Å². The number of carbonyl (C=O) groups excluding carboxylic acids is 1. The van der Waals surface area contributed by atoms with Crippen LogP contribution in [0.15, 0.2) is 36.4 Å². The number of ether oxygens (including phenoxy) is 1. The lowest BCUT2D eigenvalue weighted by Crippen LogP contribution is -2.04. The Morgan fingerprint density at radius 1 is 1.17 bits per heavy atom. The summed E-state index contributed by atoms with van der Waals surface area (Å²) in [6.07, 6.45) is -3.96. The molecular formula is C17H11ClF3NO2. The van der Waals surface area contributed by atoms with Gasteiger partial charge < -0.3 is 9.72 Å². The van der Waals surface area contributed by atoms with Crippen LogP contribution in [0, 0.1) is 0 Å². The maximum atomic E-state index is 12.9. The second kappa shape index (κ2) is 5.87. The Morgan fingerprint density at radius 2 is 1.92 bits per heavy atom. The van der Waals surface area contributed by atoms with Gasteiger partial charge in [0.15, 0.2) is 6.29 Å². The van der Waals surface area contributed by atoms with Crippen molar-refractivity contribution in [2.24, 2.45) is 0 Å². The second-order valence-corrected chi connectivity index (χ2v) is 5.57. The standard InChI is InChI=1S/C17H11ClF3NO2/c1-24-15-5-3-10(18)7-12(15)16-13(8-23)11-6-9(17(19,20)21)2-4-14(11)22-16/h2-8,22H,1H3. The maximum absolute atomic E-state index is 12.9. The highest BCUT2D eigenvalue weighted by Crippen LogP contribution is 2.38. The normalized spacial score (nSPS) is 11.7. The average Bonchev–Trinajstić information content (AvgIpc) is 2.91. The highest BCUT2D eigenvalue weighted by atomic mass is 35.5. The van der Waals surface area contributed by atoms with E-state index in [0.717, 1.165) is 12.1 Å². The first-order valence-corrected chi connectivity index (χ1v) is 7.25. The van der Waals surface area contributed by atoms with Crippen molar-refractivity contribution in [1.82, 2.24) is 4.98 Å². The molecule has 0 saturated carbocycles. The minimum atomic E-state index is -4.49. The summed E-state index contributed by atoms with van der Waals surface area (Å²) in [5, 5.41) is 0.606. The Labute approximate surface area is 140 Å². The maximum Gasteiger partial charge on any atom is 0.416 e. The van der Waals surface area contributed by atoms with E-state index in [4.69, 9.17) is 16.3 Å². The predicted octanol–water partition coefficient (Wildman–Crippen LogP) is 5.33. The molecule has 0 bridgehead atoms. The van der Waals surface area contributed by atoms with Crippen molar-refractivity contribution in [3.05, 3.63) is 52.5 Å². The molecule has 24 heavy (non-hydrogen) atoms. The highest BCUT2D eigenvalue weighted by molar-refractivity contribution is 6.31. The fraction of sp³-hybridized carbons (Fsp3) is 0.118. The lowest BCUT2D eigenvalue weighted by molar-refractivity contribution is -0.137. The van der Waals surface area contributed by atoms with Gasteiger partial charge in [0.25, 0.3) is 0 Å². The zero-order chi connectivity index (χ0) is 17.5. The molecule has 0 atom stereocenters. The molecule has 0 amide bonds. The quantitative estimate of drug-likeness (QED) is 0.647. The summed E-state index contributed by atoms with van der Waals surface area (Å²) in [6.45, 7) is 0. The number of nitrogens with one attached hydrogen (secondary N) is 1. The van der Waals surface area contributed by atoms with E-state index in [0.29, 0.717) is 33.8 Å². The van der Waals surface area contributed by atoms with E-state index < -0.39 is 11.7 Å². The molecule has 0 aliphatic carbocycles. The van der Waals surface area contributed by atoms with Crippen LogP contribution in [0.5, 0.6) is 5.75 Å². The van der Waals surface area contributed by atoms with Gasteiger partial charge in [0.2, 0.25) is 0 Å². The van der Waals surface area contributed by atoms with Crippen molar-refractivity contribution in [2.75, 3.05) is 7.11 Å². The number of aromatic amines is 1. The number of H-pyrrole nitrogens is 1. The first kappa shape index (κ1) is 16.4. The highest BCUT2D eigenvalue weighted by Gasteiger charge is 2.31. The van der Waals surface area contributed by atoms with Crippen LogP contribution in [0.1, 0.15) is 15.9 Å². The third-order valence-corrected chi connectivity index (χ3v) is 3.95. The van der Waals surface area contributed by atoms with E-state index in [1.165, 1.54) is 13.2 Å². The van der Waals surface area contributed by atoms with Crippen LogP contribution in [0.4, 0.5) is 13.2 Å². The summed E-state index contributed by atoms with van der Waals surface area (Å²) in [7, 11) is 1.46. The average molecular weight is 354 g/mol. The number of carbonyl (C=O) groups is 1. The first-order chi connectivity index (χ1) is 11.3. The molecule has 0 aliphatic rings. The molecule has 0 fully saturated rings. The lowest BCUT2D eigenvalue weighted by Gasteiger charge is -2.08. The number of benzene rings is 2. The summed E-state index contributed by atoms with van der Waals surface area (Å²) in [5.74, 6) is 0.449. The number of aromatic nitrogens is 1. The minimum Gasteiger partial charge on any atom is -0.496 e. The van der Waals surface area contributed by atoms with Gasteiger partial charge in [-0.1, -0.05) is 11.6 Å². The molecule has 3 rings (SSSR count). The number of hydrogen-bond donors (Lipinski definition) is 1. The number of rotatable bonds is 3. The summed E-state index contributed by atoms with van der Waals surface area (Å²) < 4.78 is 44.0. The first-order valence-electron chi connectivity index (χ1n) is 6.87. The van der Waals surface area contributed by atoms with Crippen LogP contribution in [0.2, 0.25) is 5.02 Å². The third kappa shape index (κ3) is 2.73. The Bertz CT molecular complexity index is 931. The van der Waals surface area contributed by atoms with E-state index in [1.54, 1.807) is 18.2 Å². The summed E-state index contributed by atoms with van der Waals surface area (Å²) >= 11 is 6.00. The van der Waals surface area contributed by atoms with Crippen molar-refractivity contribution < 1.29 is 22.7 Å². The molecular weight excluding hydrogens is 343 g/mol. The van der Waals surface area contributed by atoms with E-state index in [9.17, 15) is 18.0 Å². The SMILES string of the molecule is COc1ccc(Cl)cc1-c1[nH]c2ccc(C(F)(F)F)cc2c1C=O. The van der Waals surface area contributed by atoms with Crippen LogP contribution >= 0.6 is 11.6 Å². The Morgan fingerprint density at radius 3 is 2.54 bits per heavy atom. The van der Waals surface area contributed by atoms with Crippen LogP contribution < -0.4 is 4.74 Å². The zero-order valence-corrected chi connectivity index (χ0v) is 13.1. The predicted molar refractivity (Wildman–Crippen MR) is 85.7 cm³/mol. The van der Waals surface area contributed by atoms with Gasteiger partial charge in [-0.05, 0) is 36.4 Å². The van der Waals surface area contributed by atoms with Gasteiger partial charge in [0.1, 0.15) is 5.75 Å². The van der Waals surface area contributed by atoms with Gasteiger partial charge in [-0.15, -0.1) is 0 Å². The molecule has 7 heteroatoms. The number of fused-ring (bicyclic) bond motifs is 1. The summed E-state index contributed by atoms with van der Waals surface area (Å²) in [4.78, 5) is 14.5. The number of alkyl halides is 3. The molecule has 1 aromatic heterocycles.